The summed E-state index contributed by atoms with van der Waals surface area (Å²) in [7, 11) is 0. The number of benzene rings is 2. The number of rotatable bonds is 3. The SMILES string of the molecule is Cc1cc(C)c(NCc2cc(Cl)c3c(c2)OCO3)c(C)c1. The van der Waals surface area contributed by atoms with Gasteiger partial charge < -0.3 is 14.8 Å². The Morgan fingerprint density at radius 1 is 1.05 bits per heavy atom. The number of aryl methyl sites for hydroxylation is 3. The minimum atomic E-state index is 0.238. The Morgan fingerprint density at radius 3 is 2.48 bits per heavy atom. The summed E-state index contributed by atoms with van der Waals surface area (Å²) in [5.74, 6) is 1.36. The van der Waals surface area contributed by atoms with Crippen LogP contribution in [0.3, 0.4) is 0 Å². The van der Waals surface area contributed by atoms with E-state index in [1.807, 2.05) is 12.1 Å². The molecule has 3 nitrogen and oxygen atoms in total. The normalized spacial score (nSPS) is 12.6. The van der Waals surface area contributed by atoms with Gasteiger partial charge in [-0.25, -0.2) is 0 Å². The molecule has 1 heterocycles. The van der Waals surface area contributed by atoms with Crippen molar-refractivity contribution in [2.75, 3.05) is 12.1 Å². The number of nitrogens with one attached hydrogen (secondary N) is 1. The van der Waals surface area contributed by atoms with E-state index >= 15 is 0 Å². The second-order valence-electron chi connectivity index (χ2n) is 5.44. The molecular formula is C17H18ClNO2. The fourth-order valence-electron chi connectivity index (χ4n) is 2.77. The van der Waals surface area contributed by atoms with Crippen molar-refractivity contribution in [2.45, 2.75) is 27.3 Å². The largest absolute Gasteiger partial charge is 0.454 e. The van der Waals surface area contributed by atoms with Crippen LogP contribution in [0.25, 0.3) is 0 Å². The van der Waals surface area contributed by atoms with Gasteiger partial charge in [-0.2, -0.15) is 0 Å². The minimum absolute atomic E-state index is 0.238. The van der Waals surface area contributed by atoms with Crippen LogP contribution in [0.5, 0.6) is 11.5 Å². The summed E-state index contributed by atoms with van der Waals surface area (Å²) in [5, 5.41) is 4.08. The number of halogens is 1. The molecule has 0 amide bonds. The highest BCUT2D eigenvalue weighted by Gasteiger charge is 2.18. The number of anilines is 1. The van der Waals surface area contributed by atoms with E-state index in [9.17, 15) is 0 Å². The van der Waals surface area contributed by atoms with E-state index in [0.717, 1.165) is 11.3 Å². The van der Waals surface area contributed by atoms with Gasteiger partial charge in [0.1, 0.15) is 0 Å². The number of hydrogen-bond donors (Lipinski definition) is 1. The average Bonchev–Trinajstić information content (AvgIpc) is 2.86. The molecule has 1 N–H and O–H groups in total. The van der Waals surface area contributed by atoms with Crippen molar-refractivity contribution in [3.63, 3.8) is 0 Å². The molecule has 0 fully saturated rings. The summed E-state index contributed by atoms with van der Waals surface area (Å²) in [6, 6.07) is 8.25. The highest BCUT2D eigenvalue weighted by Crippen LogP contribution is 2.40. The molecule has 0 aliphatic carbocycles. The highest BCUT2D eigenvalue weighted by atomic mass is 35.5. The number of fused-ring (bicyclic) bond motifs is 1. The van der Waals surface area contributed by atoms with Crippen LogP contribution >= 0.6 is 11.6 Å². The lowest BCUT2D eigenvalue weighted by atomic mass is 10.0. The summed E-state index contributed by atoms with van der Waals surface area (Å²) in [6.45, 7) is 7.29. The highest BCUT2D eigenvalue weighted by molar-refractivity contribution is 6.32. The van der Waals surface area contributed by atoms with Crippen LogP contribution in [-0.2, 0) is 6.54 Å². The van der Waals surface area contributed by atoms with Crippen molar-refractivity contribution in [3.05, 3.63) is 51.5 Å². The molecule has 2 aromatic carbocycles. The second kappa shape index (κ2) is 5.49. The number of ether oxygens (including phenoxy) is 2. The molecule has 0 bridgehead atoms. The maximum atomic E-state index is 6.21. The zero-order valence-electron chi connectivity index (χ0n) is 12.4. The molecule has 0 saturated heterocycles. The van der Waals surface area contributed by atoms with Crippen LogP contribution < -0.4 is 14.8 Å². The van der Waals surface area contributed by atoms with Gasteiger partial charge in [-0.15, -0.1) is 0 Å². The van der Waals surface area contributed by atoms with Crippen LogP contribution in [0.15, 0.2) is 24.3 Å². The molecule has 2 aromatic rings. The Balaban J connectivity index is 1.81. The van der Waals surface area contributed by atoms with Crippen molar-refractivity contribution in [3.8, 4) is 11.5 Å². The minimum Gasteiger partial charge on any atom is -0.454 e. The molecule has 0 atom stereocenters. The molecule has 1 aliphatic rings. The lowest BCUT2D eigenvalue weighted by Crippen LogP contribution is -2.03. The van der Waals surface area contributed by atoms with Crippen LogP contribution in [0.1, 0.15) is 22.3 Å². The van der Waals surface area contributed by atoms with Crippen LogP contribution in [0, 0.1) is 20.8 Å². The predicted octanol–water partition coefficient (Wildman–Crippen LogP) is 4.61. The molecular weight excluding hydrogens is 286 g/mol. The zero-order chi connectivity index (χ0) is 15.0. The molecule has 0 unspecified atom stereocenters. The van der Waals surface area contributed by atoms with Crippen LogP contribution in [0.4, 0.5) is 5.69 Å². The molecule has 0 saturated carbocycles. The van der Waals surface area contributed by atoms with Gasteiger partial charge in [-0.05, 0) is 49.6 Å². The summed E-state index contributed by atoms with van der Waals surface area (Å²) in [5.41, 5.74) is 6.03. The molecule has 110 valence electrons. The van der Waals surface area contributed by atoms with E-state index in [1.54, 1.807) is 0 Å². The first kappa shape index (κ1) is 14.1. The predicted molar refractivity (Wildman–Crippen MR) is 85.6 cm³/mol. The van der Waals surface area contributed by atoms with Gasteiger partial charge in [0.2, 0.25) is 6.79 Å². The molecule has 1 aliphatic heterocycles. The molecule has 3 rings (SSSR count). The standard InChI is InChI=1S/C17H18ClNO2/c1-10-4-11(2)16(12(3)5-10)19-8-13-6-14(18)17-15(7-13)20-9-21-17/h4-7,19H,8-9H2,1-3H3. The lowest BCUT2D eigenvalue weighted by molar-refractivity contribution is 0.174. The van der Waals surface area contributed by atoms with Gasteiger partial charge in [0.15, 0.2) is 11.5 Å². The van der Waals surface area contributed by atoms with Crippen LogP contribution in [0.2, 0.25) is 5.02 Å². The van der Waals surface area contributed by atoms with Crippen molar-refractivity contribution >= 4 is 17.3 Å². The quantitative estimate of drug-likeness (QED) is 0.898. The van der Waals surface area contributed by atoms with Gasteiger partial charge in [0, 0.05) is 12.2 Å². The molecule has 0 spiro atoms. The van der Waals surface area contributed by atoms with Gasteiger partial charge >= 0.3 is 0 Å². The third-order valence-electron chi connectivity index (χ3n) is 3.63. The molecule has 21 heavy (non-hydrogen) atoms. The van der Waals surface area contributed by atoms with E-state index in [0.29, 0.717) is 17.3 Å². The van der Waals surface area contributed by atoms with Crippen molar-refractivity contribution in [2.24, 2.45) is 0 Å². The molecule has 4 heteroatoms. The third kappa shape index (κ3) is 2.79. The van der Waals surface area contributed by atoms with E-state index in [1.165, 1.54) is 22.4 Å². The molecule has 0 aromatic heterocycles. The summed E-state index contributed by atoms with van der Waals surface area (Å²) in [4.78, 5) is 0. The van der Waals surface area contributed by atoms with E-state index in [2.05, 4.69) is 38.2 Å². The first-order valence-corrected chi connectivity index (χ1v) is 7.32. The summed E-state index contributed by atoms with van der Waals surface area (Å²) < 4.78 is 10.7. The van der Waals surface area contributed by atoms with Gasteiger partial charge in [-0.1, -0.05) is 29.3 Å². The molecule has 0 radical (unpaired) electrons. The Hall–Kier alpha value is -1.87. The van der Waals surface area contributed by atoms with Crippen molar-refractivity contribution in [1.29, 1.82) is 0 Å². The van der Waals surface area contributed by atoms with Gasteiger partial charge in [0.25, 0.3) is 0 Å². The van der Waals surface area contributed by atoms with Crippen molar-refractivity contribution < 1.29 is 9.47 Å². The van der Waals surface area contributed by atoms with Crippen molar-refractivity contribution in [1.82, 2.24) is 0 Å². The maximum Gasteiger partial charge on any atom is 0.231 e. The second-order valence-corrected chi connectivity index (χ2v) is 5.85. The Bertz CT molecular complexity index is 674. The summed E-state index contributed by atoms with van der Waals surface area (Å²) >= 11 is 6.21. The fourth-order valence-corrected chi connectivity index (χ4v) is 3.06. The van der Waals surface area contributed by atoms with E-state index < -0.39 is 0 Å². The topological polar surface area (TPSA) is 30.5 Å². The first-order valence-electron chi connectivity index (χ1n) is 6.94. The summed E-state index contributed by atoms with van der Waals surface area (Å²) in [6.07, 6.45) is 0. The van der Waals surface area contributed by atoms with Crippen LogP contribution in [-0.4, -0.2) is 6.79 Å². The first-order chi connectivity index (χ1) is 10.0. The van der Waals surface area contributed by atoms with E-state index in [4.69, 9.17) is 21.1 Å². The fraction of sp³-hybridized carbons (Fsp3) is 0.294. The number of hydrogen-bond acceptors (Lipinski definition) is 3. The smallest absolute Gasteiger partial charge is 0.231 e. The van der Waals surface area contributed by atoms with E-state index in [-0.39, 0.29) is 6.79 Å². The Morgan fingerprint density at radius 2 is 1.76 bits per heavy atom. The maximum absolute atomic E-state index is 6.21. The monoisotopic (exact) mass is 303 g/mol. The third-order valence-corrected chi connectivity index (χ3v) is 3.91. The average molecular weight is 304 g/mol. The van der Waals surface area contributed by atoms with Gasteiger partial charge in [0.05, 0.1) is 5.02 Å². The Labute approximate surface area is 129 Å². The zero-order valence-corrected chi connectivity index (χ0v) is 13.2. The van der Waals surface area contributed by atoms with Gasteiger partial charge in [-0.3, -0.25) is 0 Å². The lowest BCUT2D eigenvalue weighted by Gasteiger charge is -2.14. The Kier molecular flexibility index (Phi) is 3.68.